The van der Waals surface area contributed by atoms with Crippen molar-refractivity contribution in [3.8, 4) is 0 Å². The SMILES string of the molecule is c1csc(COC[C@@H]2CC[C@H]3NCCO[C@@H]23)n1. The van der Waals surface area contributed by atoms with Crippen LogP contribution in [0.4, 0.5) is 0 Å². The molecule has 2 heterocycles. The molecule has 2 fully saturated rings. The predicted molar refractivity (Wildman–Crippen MR) is 66.0 cm³/mol. The molecule has 17 heavy (non-hydrogen) atoms. The number of rotatable bonds is 4. The Balaban J connectivity index is 1.46. The van der Waals surface area contributed by atoms with Crippen LogP contribution >= 0.6 is 11.3 Å². The van der Waals surface area contributed by atoms with Gasteiger partial charge in [0.1, 0.15) is 5.01 Å². The summed E-state index contributed by atoms with van der Waals surface area (Å²) in [4.78, 5) is 4.21. The number of hydrogen-bond donors (Lipinski definition) is 1. The van der Waals surface area contributed by atoms with Crippen molar-refractivity contribution in [2.45, 2.75) is 31.6 Å². The average Bonchev–Trinajstić information content (AvgIpc) is 2.99. The van der Waals surface area contributed by atoms with Crippen molar-refractivity contribution in [1.82, 2.24) is 10.3 Å². The molecule has 94 valence electrons. The molecule has 5 heteroatoms. The van der Waals surface area contributed by atoms with Gasteiger partial charge in [-0.2, -0.15) is 0 Å². The molecule has 0 bridgehead atoms. The molecular formula is C12H18N2O2S. The largest absolute Gasteiger partial charge is 0.375 e. The molecule has 1 N–H and O–H groups in total. The highest BCUT2D eigenvalue weighted by atomic mass is 32.1. The molecule has 4 nitrogen and oxygen atoms in total. The minimum absolute atomic E-state index is 0.361. The van der Waals surface area contributed by atoms with E-state index in [1.54, 1.807) is 11.3 Å². The number of hydrogen-bond acceptors (Lipinski definition) is 5. The number of nitrogens with zero attached hydrogens (tertiary/aromatic N) is 1. The lowest BCUT2D eigenvalue weighted by Gasteiger charge is -2.30. The van der Waals surface area contributed by atoms with Gasteiger partial charge in [0.2, 0.25) is 0 Å². The Morgan fingerprint density at radius 1 is 1.53 bits per heavy atom. The Kier molecular flexibility index (Phi) is 3.71. The topological polar surface area (TPSA) is 43.4 Å². The van der Waals surface area contributed by atoms with Crippen LogP contribution in [0.1, 0.15) is 17.8 Å². The molecule has 0 spiro atoms. The number of ether oxygens (including phenoxy) is 2. The Morgan fingerprint density at radius 2 is 2.53 bits per heavy atom. The first-order valence-corrected chi connectivity index (χ1v) is 7.12. The van der Waals surface area contributed by atoms with Crippen molar-refractivity contribution in [1.29, 1.82) is 0 Å². The van der Waals surface area contributed by atoms with Gasteiger partial charge in [0, 0.05) is 30.1 Å². The lowest BCUT2D eigenvalue weighted by atomic mass is 10.1. The van der Waals surface area contributed by atoms with Gasteiger partial charge in [-0.25, -0.2) is 4.98 Å². The molecule has 2 aliphatic rings. The summed E-state index contributed by atoms with van der Waals surface area (Å²) in [5, 5.41) is 6.57. The molecule has 1 aliphatic heterocycles. The highest BCUT2D eigenvalue weighted by molar-refractivity contribution is 7.09. The maximum atomic E-state index is 5.85. The van der Waals surface area contributed by atoms with E-state index in [9.17, 15) is 0 Å². The summed E-state index contributed by atoms with van der Waals surface area (Å²) in [7, 11) is 0. The molecule has 1 aromatic rings. The Labute approximate surface area is 105 Å². The summed E-state index contributed by atoms with van der Waals surface area (Å²) in [6.45, 7) is 3.26. The summed E-state index contributed by atoms with van der Waals surface area (Å²) < 4.78 is 11.6. The number of nitrogens with one attached hydrogen (secondary N) is 1. The normalized spacial score (nSPS) is 32.6. The quantitative estimate of drug-likeness (QED) is 0.882. The molecule has 0 radical (unpaired) electrons. The Morgan fingerprint density at radius 3 is 3.41 bits per heavy atom. The van der Waals surface area contributed by atoms with Crippen molar-refractivity contribution in [3.05, 3.63) is 16.6 Å². The van der Waals surface area contributed by atoms with E-state index in [1.165, 1.54) is 12.8 Å². The minimum Gasteiger partial charge on any atom is -0.375 e. The average molecular weight is 254 g/mol. The van der Waals surface area contributed by atoms with E-state index < -0.39 is 0 Å². The van der Waals surface area contributed by atoms with E-state index in [4.69, 9.17) is 9.47 Å². The van der Waals surface area contributed by atoms with Crippen LogP contribution in [0.25, 0.3) is 0 Å². The van der Waals surface area contributed by atoms with E-state index in [0.717, 1.165) is 24.8 Å². The second-order valence-electron chi connectivity index (χ2n) is 4.67. The minimum atomic E-state index is 0.361. The summed E-state index contributed by atoms with van der Waals surface area (Å²) in [5.74, 6) is 0.549. The molecule has 1 aromatic heterocycles. The lowest BCUT2D eigenvalue weighted by Crippen LogP contribution is -2.47. The molecule has 0 amide bonds. The fourth-order valence-electron chi connectivity index (χ4n) is 2.76. The molecule has 3 rings (SSSR count). The summed E-state index contributed by atoms with van der Waals surface area (Å²) in [5.41, 5.74) is 0. The third-order valence-corrected chi connectivity index (χ3v) is 4.32. The summed E-state index contributed by atoms with van der Waals surface area (Å²) in [6.07, 6.45) is 4.61. The van der Waals surface area contributed by atoms with Gasteiger partial charge >= 0.3 is 0 Å². The second kappa shape index (κ2) is 5.44. The zero-order chi connectivity index (χ0) is 11.5. The fourth-order valence-corrected chi connectivity index (χ4v) is 3.31. The van der Waals surface area contributed by atoms with Crippen LogP contribution < -0.4 is 5.32 Å². The van der Waals surface area contributed by atoms with Gasteiger partial charge in [-0.1, -0.05) is 0 Å². The van der Waals surface area contributed by atoms with Gasteiger partial charge in [-0.3, -0.25) is 0 Å². The summed E-state index contributed by atoms with van der Waals surface area (Å²) in [6, 6.07) is 0.553. The zero-order valence-electron chi connectivity index (χ0n) is 9.80. The van der Waals surface area contributed by atoms with E-state index in [2.05, 4.69) is 10.3 Å². The molecule has 0 unspecified atom stereocenters. The fraction of sp³-hybridized carbons (Fsp3) is 0.750. The van der Waals surface area contributed by atoms with Gasteiger partial charge in [0.15, 0.2) is 0 Å². The van der Waals surface area contributed by atoms with Crippen LogP contribution in [0.15, 0.2) is 11.6 Å². The monoisotopic (exact) mass is 254 g/mol. The van der Waals surface area contributed by atoms with Crippen LogP contribution in [0.3, 0.4) is 0 Å². The van der Waals surface area contributed by atoms with Crippen molar-refractivity contribution in [3.63, 3.8) is 0 Å². The van der Waals surface area contributed by atoms with Crippen LogP contribution in [-0.2, 0) is 16.1 Å². The maximum absolute atomic E-state index is 5.85. The molecule has 0 aromatic carbocycles. The van der Waals surface area contributed by atoms with Crippen molar-refractivity contribution < 1.29 is 9.47 Å². The van der Waals surface area contributed by atoms with E-state index in [0.29, 0.717) is 24.7 Å². The van der Waals surface area contributed by atoms with Crippen LogP contribution in [0.2, 0.25) is 0 Å². The third kappa shape index (κ3) is 2.68. The van der Waals surface area contributed by atoms with Crippen molar-refractivity contribution in [2.75, 3.05) is 19.8 Å². The number of fused-ring (bicyclic) bond motifs is 1. The molecule has 1 saturated carbocycles. The van der Waals surface area contributed by atoms with Gasteiger partial charge < -0.3 is 14.8 Å². The number of morpholine rings is 1. The van der Waals surface area contributed by atoms with Crippen molar-refractivity contribution in [2.24, 2.45) is 5.92 Å². The Bertz CT molecular complexity index is 344. The van der Waals surface area contributed by atoms with Crippen LogP contribution in [0.5, 0.6) is 0 Å². The summed E-state index contributed by atoms with van der Waals surface area (Å²) >= 11 is 1.65. The maximum Gasteiger partial charge on any atom is 0.118 e. The standard InChI is InChI=1S/C12H18N2O2S/c1-2-10-12(16-5-3-13-10)9(1)7-15-8-11-14-4-6-17-11/h4,6,9-10,12-13H,1-3,5,7-8H2/t9-,10+,12-/m0/s1. The molecular weight excluding hydrogens is 236 g/mol. The highest BCUT2D eigenvalue weighted by Crippen LogP contribution is 2.30. The van der Waals surface area contributed by atoms with E-state index >= 15 is 0 Å². The van der Waals surface area contributed by atoms with E-state index in [1.807, 2.05) is 11.6 Å². The molecule has 1 aliphatic carbocycles. The van der Waals surface area contributed by atoms with Crippen LogP contribution in [0, 0.1) is 5.92 Å². The Hall–Kier alpha value is -0.490. The third-order valence-electron chi connectivity index (χ3n) is 3.57. The van der Waals surface area contributed by atoms with Gasteiger partial charge in [-0.15, -0.1) is 11.3 Å². The smallest absolute Gasteiger partial charge is 0.118 e. The molecule has 1 saturated heterocycles. The predicted octanol–water partition coefficient (Wildman–Crippen LogP) is 1.43. The highest BCUT2D eigenvalue weighted by Gasteiger charge is 2.38. The first kappa shape index (κ1) is 11.6. The number of thiazole rings is 1. The van der Waals surface area contributed by atoms with Gasteiger partial charge in [0.25, 0.3) is 0 Å². The molecule has 3 atom stereocenters. The van der Waals surface area contributed by atoms with Crippen molar-refractivity contribution >= 4 is 11.3 Å². The first-order chi connectivity index (χ1) is 8.43. The zero-order valence-corrected chi connectivity index (χ0v) is 10.6. The van der Waals surface area contributed by atoms with Crippen LogP contribution in [-0.4, -0.2) is 36.9 Å². The lowest BCUT2D eigenvalue weighted by molar-refractivity contribution is -0.0399. The van der Waals surface area contributed by atoms with Gasteiger partial charge in [0.05, 0.1) is 25.9 Å². The second-order valence-corrected chi connectivity index (χ2v) is 5.65. The first-order valence-electron chi connectivity index (χ1n) is 6.24. The number of aromatic nitrogens is 1. The van der Waals surface area contributed by atoms with Gasteiger partial charge in [-0.05, 0) is 12.8 Å². The van der Waals surface area contributed by atoms with E-state index in [-0.39, 0.29) is 0 Å².